The average molecular weight is 377 g/mol. The van der Waals surface area contributed by atoms with Crippen LogP contribution in [-0.2, 0) is 0 Å². The Hall–Kier alpha value is -3.47. The molecule has 2 aromatic carbocycles. The lowest BCUT2D eigenvalue weighted by Crippen LogP contribution is -1.95. The van der Waals surface area contributed by atoms with Gasteiger partial charge in [-0.05, 0) is 53.1 Å². The van der Waals surface area contributed by atoms with Crippen LogP contribution in [0, 0.1) is 0 Å². The maximum Gasteiger partial charge on any atom is 0.161 e. The Morgan fingerprint density at radius 3 is 1.64 bits per heavy atom. The first-order valence-electron chi connectivity index (χ1n) is 8.72. The molecular formula is C23H23NO4. The van der Waals surface area contributed by atoms with Gasteiger partial charge in [0.15, 0.2) is 23.0 Å². The van der Waals surface area contributed by atoms with Crippen LogP contribution < -0.4 is 18.9 Å². The van der Waals surface area contributed by atoms with Gasteiger partial charge in [0.2, 0.25) is 0 Å². The lowest BCUT2D eigenvalue weighted by Gasteiger charge is -2.15. The van der Waals surface area contributed by atoms with Crippen molar-refractivity contribution in [1.82, 2.24) is 4.98 Å². The van der Waals surface area contributed by atoms with Crippen LogP contribution in [0.15, 0.2) is 55.2 Å². The van der Waals surface area contributed by atoms with Crippen LogP contribution in [0.25, 0.3) is 28.3 Å². The van der Waals surface area contributed by atoms with E-state index in [-0.39, 0.29) is 0 Å². The summed E-state index contributed by atoms with van der Waals surface area (Å²) < 4.78 is 21.6. The van der Waals surface area contributed by atoms with E-state index in [1.165, 1.54) is 0 Å². The molecular weight excluding hydrogens is 354 g/mol. The SMILES string of the molecule is C=Cc1cc(-c2ccc(OC)c(OC)c2)c(-c2ccc(OC)c(OC)c2)cn1. The Morgan fingerprint density at radius 2 is 1.18 bits per heavy atom. The molecule has 0 aliphatic rings. The molecule has 1 heterocycles. The maximum absolute atomic E-state index is 5.47. The van der Waals surface area contributed by atoms with Crippen LogP contribution in [0.4, 0.5) is 0 Å². The van der Waals surface area contributed by atoms with E-state index in [0.29, 0.717) is 23.0 Å². The topological polar surface area (TPSA) is 49.8 Å². The predicted octanol–water partition coefficient (Wildman–Crippen LogP) is 5.09. The fourth-order valence-electron chi connectivity index (χ4n) is 3.06. The van der Waals surface area contributed by atoms with Crippen molar-refractivity contribution in [3.63, 3.8) is 0 Å². The second kappa shape index (κ2) is 8.48. The van der Waals surface area contributed by atoms with Gasteiger partial charge in [0.25, 0.3) is 0 Å². The molecule has 0 aliphatic heterocycles. The normalized spacial score (nSPS) is 10.3. The van der Waals surface area contributed by atoms with Gasteiger partial charge in [-0.15, -0.1) is 0 Å². The first kappa shape index (κ1) is 19.3. The second-order valence-corrected chi connectivity index (χ2v) is 6.00. The Bertz CT molecular complexity index is 998. The van der Waals surface area contributed by atoms with Gasteiger partial charge in [0.05, 0.1) is 34.1 Å². The van der Waals surface area contributed by atoms with Gasteiger partial charge in [-0.1, -0.05) is 18.7 Å². The number of benzene rings is 2. The molecule has 0 saturated carbocycles. The Morgan fingerprint density at radius 1 is 0.679 bits per heavy atom. The molecule has 28 heavy (non-hydrogen) atoms. The summed E-state index contributed by atoms with van der Waals surface area (Å²) in [6.45, 7) is 3.84. The Kier molecular flexibility index (Phi) is 5.84. The highest BCUT2D eigenvalue weighted by atomic mass is 16.5. The van der Waals surface area contributed by atoms with Crippen LogP contribution in [0.2, 0.25) is 0 Å². The van der Waals surface area contributed by atoms with Gasteiger partial charge in [-0.2, -0.15) is 0 Å². The van der Waals surface area contributed by atoms with Crippen molar-refractivity contribution >= 4 is 6.08 Å². The number of nitrogens with zero attached hydrogens (tertiary/aromatic N) is 1. The van der Waals surface area contributed by atoms with Crippen molar-refractivity contribution in [2.24, 2.45) is 0 Å². The largest absolute Gasteiger partial charge is 0.493 e. The summed E-state index contributed by atoms with van der Waals surface area (Å²) in [4.78, 5) is 4.49. The number of hydrogen-bond donors (Lipinski definition) is 0. The minimum Gasteiger partial charge on any atom is -0.493 e. The highest BCUT2D eigenvalue weighted by molar-refractivity contribution is 5.85. The molecule has 0 saturated heterocycles. The monoisotopic (exact) mass is 377 g/mol. The summed E-state index contributed by atoms with van der Waals surface area (Å²) in [5.41, 5.74) is 4.68. The third-order valence-corrected chi connectivity index (χ3v) is 4.52. The zero-order chi connectivity index (χ0) is 20.1. The van der Waals surface area contributed by atoms with Gasteiger partial charge in [-0.3, -0.25) is 4.98 Å². The molecule has 1 aromatic heterocycles. The first-order chi connectivity index (χ1) is 13.6. The van der Waals surface area contributed by atoms with E-state index in [1.54, 1.807) is 34.5 Å². The number of aromatic nitrogens is 1. The maximum atomic E-state index is 5.47. The third-order valence-electron chi connectivity index (χ3n) is 4.52. The van der Waals surface area contributed by atoms with Gasteiger partial charge >= 0.3 is 0 Å². The number of pyridine rings is 1. The Labute approximate surface area is 165 Å². The zero-order valence-electron chi connectivity index (χ0n) is 16.5. The van der Waals surface area contributed by atoms with Crippen LogP contribution >= 0.6 is 0 Å². The molecule has 0 amide bonds. The summed E-state index contributed by atoms with van der Waals surface area (Å²) in [6, 6.07) is 13.6. The van der Waals surface area contributed by atoms with Crippen LogP contribution in [-0.4, -0.2) is 33.4 Å². The molecule has 5 nitrogen and oxygen atoms in total. The van der Waals surface area contributed by atoms with E-state index >= 15 is 0 Å². The van der Waals surface area contributed by atoms with Gasteiger partial charge in [0.1, 0.15) is 0 Å². The van der Waals surface area contributed by atoms with Crippen LogP contribution in [0.3, 0.4) is 0 Å². The standard InChI is InChI=1S/C23H23NO4/c1-6-17-13-18(15-7-9-20(25-2)22(11-15)27-4)19(14-24-17)16-8-10-21(26-3)23(12-16)28-5/h6-14H,1H2,2-5H3. The van der Waals surface area contributed by atoms with E-state index in [2.05, 4.69) is 11.6 Å². The summed E-state index contributed by atoms with van der Waals surface area (Å²) in [5.74, 6) is 2.67. The molecule has 3 rings (SSSR count). The number of methoxy groups -OCH3 is 4. The molecule has 0 radical (unpaired) electrons. The molecule has 0 fully saturated rings. The predicted molar refractivity (Wildman–Crippen MR) is 111 cm³/mol. The minimum atomic E-state index is 0.658. The molecule has 0 N–H and O–H groups in total. The fraction of sp³-hybridized carbons (Fsp3) is 0.174. The van der Waals surface area contributed by atoms with Crippen molar-refractivity contribution in [3.8, 4) is 45.3 Å². The average Bonchev–Trinajstić information content (AvgIpc) is 2.77. The fourth-order valence-corrected chi connectivity index (χ4v) is 3.06. The first-order valence-corrected chi connectivity index (χ1v) is 8.72. The molecule has 0 spiro atoms. The van der Waals surface area contributed by atoms with E-state index in [0.717, 1.165) is 27.9 Å². The smallest absolute Gasteiger partial charge is 0.161 e. The third kappa shape index (κ3) is 3.64. The van der Waals surface area contributed by atoms with E-state index < -0.39 is 0 Å². The van der Waals surface area contributed by atoms with Crippen molar-refractivity contribution in [2.45, 2.75) is 0 Å². The number of rotatable bonds is 7. The highest BCUT2D eigenvalue weighted by Gasteiger charge is 2.14. The van der Waals surface area contributed by atoms with Crippen molar-refractivity contribution in [3.05, 3.63) is 60.9 Å². The molecule has 0 atom stereocenters. The Balaban J connectivity index is 2.21. The molecule has 3 aromatic rings. The molecule has 144 valence electrons. The van der Waals surface area contributed by atoms with Gasteiger partial charge < -0.3 is 18.9 Å². The lowest BCUT2D eigenvalue weighted by molar-refractivity contribution is 0.355. The summed E-state index contributed by atoms with van der Waals surface area (Å²) in [5, 5.41) is 0. The quantitative estimate of drug-likeness (QED) is 0.574. The van der Waals surface area contributed by atoms with Gasteiger partial charge in [-0.25, -0.2) is 0 Å². The molecule has 0 unspecified atom stereocenters. The second-order valence-electron chi connectivity index (χ2n) is 6.00. The van der Waals surface area contributed by atoms with Crippen molar-refractivity contribution in [2.75, 3.05) is 28.4 Å². The van der Waals surface area contributed by atoms with E-state index in [4.69, 9.17) is 18.9 Å². The summed E-state index contributed by atoms with van der Waals surface area (Å²) in [7, 11) is 6.48. The van der Waals surface area contributed by atoms with Crippen LogP contribution in [0.1, 0.15) is 5.69 Å². The lowest BCUT2D eigenvalue weighted by atomic mass is 9.95. The van der Waals surface area contributed by atoms with Gasteiger partial charge in [0, 0.05) is 11.8 Å². The molecule has 0 aliphatic carbocycles. The van der Waals surface area contributed by atoms with Crippen molar-refractivity contribution in [1.29, 1.82) is 0 Å². The van der Waals surface area contributed by atoms with E-state index in [1.807, 2.05) is 48.7 Å². The zero-order valence-corrected chi connectivity index (χ0v) is 16.5. The minimum absolute atomic E-state index is 0.658. The van der Waals surface area contributed by atoms with E-state index in [9.17, 15) is 0 Å². The van der Waals surface area contributed by atoms with Crippen LogP contribution in [0.5, 0.6) is 23.0 Å². The van der Waals surface area contributed by atoms with Crippen molar-refractivity contribution < 1.29 is 18.9 Å². The molecule has 5 heteroatoms. The summed E-state index contributed by atoms with van der Waals surface area (Å²) in [6.07, 6.45) is 3.56. The number of hydrogen-bond acceptors (Lipinski definition) is 5. The summed E-state index contributed by atoms with van der Waals surface area (Å²) >= 11 is 0. The highest BCUT2D eigenvalue weighted by Crippen LogP contribution is 2.39. The number of ether oxygens (including phenoxy) is 4. The molecule has 0 bridgehead atoms.